The van der Waals surface area contributed by atoms with Gasteiger partial charge in [-0.3, -0.25) is 0 Å². The summed E-state index contributed by atoms with van der Waals surface area (Å²) in [5.41, 5.74) is 4.27. The number of benzene rings is 2. The van der Waals surface area contributed by atoms with Crippen LogP contribution >= 0.6 is 15.9 Å². The van der Waals surface area contributed by atoms with Gasteiger partial charge in [0, 0.05) is 4.47 Å². The van der Waals surface area contributed by atoms with Gasteiger partial charge in [-0.05, 0) is 73.2 Å². The maximum Gasteiger partial charge on any atom is 0.349 e. The molecule has 0 spiro atoms. The fourth-order valence-corrected chi connectivity index (χ4v) is 3.42. The van der Waals surface area contributed by atoms with E-state index < -0.39 is 5.97 Å². The summed E-state index contributed by atoms with van der Waals surface area (Å²) >= 11 is 3.43. The van der Waals surface area contributed by atoms with Crippen LogP contribution in [-0.4, -0.2) is 12.6 Å². The normalized spacial score (nSPS) is 10.8. The molecule has 0 N–H and O–H groups in total. The van der Waals surface area contributed by atoms with Crippen LogP contribution in [0.1, 0.15) is 42.0 Å². The number of hydrogen-bond donors (Lipinski definition) is 0. The van der Waals surface area contributed by atoms with Gasteiger partial charge in [-0.25, -0.2) is 4.79 Å². The van der Waals surface area contributed by atoms with Crippen molar-refractivity contribution >= 4 is 21.9 Å². The first-order valence-electron chi connectivity index (χ1n) is 7.98. The zero-order valence-corrected chi connectivity index (χ0v) is 16.4. The third kappa shape index (κ3) is 4.60. The largest absolute Gasteiger partial charge is 0.482 e. The summed E-state index contributed by atoms with van der Waals surface area (Å²) in [7, 11) is 0. The topological polar surface area (TPSA) is 35.5 Å². The third-order valence-electron chi connectivity index (χ3n) is 3.86. The van der Waals surface area contributed by atoms with Gasteiger partial charge >= 0.3 is 5.97 Å². The van der Waals surface area contributed by atoms with E-state index in [2.05, 4.69) is 36.7 Å². The number of esters is 1. The number of rotatable bonds is 5. The van der Waals surface area contributed by atoms with E-state index in [-0.39, 0.29) is 6.61 Å². The molecule has 0 aliphatic heterocycles. The molecular weight excluding hydrogens is 368 g/mol. The highest BCUT2D eigenvalue weighted by molar-refractivity contribution is 9.10. The quantitative estimate of drug-likeness (QED) is 0.500. The van der Waals surface area contributed by atoms with E-state index in [9.17, 15) is 4.79 Å². The van der Waals surface area contributed by atoms with Crippen LogP contribution in [0.15, 0.2) is 34.8 Å². The predicted molar refractivity (Wildman–Crippen MR) is 100 cm³/mol. The maximum atomic E-state index is 12.1. The second-order valence-corrected chi connectivity index (χ2v) is 7.22. The molecule has 0 amide bonds. The van der Waals surface area contributed by atoms with Gasteiger partial charge in [-0.2, -0.15) is 0 Å². The molecule has 0 fully saturated rings. The lowest BCUT2D eigenvalue weighted by atomic mass is 9.98. The van der Waals surface area contributed by atoms with Gasteiger partial charge in [0.05, 0.1) is 0 Å². The number of hydrogen-bond acceptors (Lipinski definition) is 3. The lowest BCUT2D eigenvalue weighted by molar-refractivity contribution is -0.136. The molecule has 128 valence electrons. The van der Waals surface area contributed by atoms with Crippen molar-refractivity contribution < 1.29 is 14.3 Å². The molecule has 2 rings (SSSR count). The Morgan fingerprint density at radius 1 is 1.04 bits per heavy atom. The summed E-state index contributed by atoms with van der Waals surface area (Å²) in [5.74, 6) is 1.33. The summed E-state index contributed by atoms with van der Waals surface area (Å²) in [5, 5.41) is 0. The highest BCUT2D eigenvalue weighted by Crippen LogP contribution is 2.27. The van der Waals surface area contributed by atoms with E-state index in [1.54, 1.807) is 0 Å². The average Bonchev–Trinajstić information content (AvgIpc) is 2.48. The Balaban J connectivity index is 2.00. The highest BCUT2D eigenvalue weighted by atomic mass is 79.9. The van der Waals surface area contributed by atoms with Crippen LogP contribution in [0.3, 0.4) is 0 Å². The predicted octanol–water partition coefficient (Wildman–Crippen LogP) is 5.48. The molecule has 24 heavy (non-hydrogen) atoms. The van der Waals surface area contributed by atoms with Crippen molar-refractivity contribution in [3.8, 4) is 11.5 Å². The number of aryl methyl sites for hydroxylation is 3. The van der Waals surface area contributed by atoms with Crippen LogP contribution in [0.5, 0.6) is 11.5 Å². The Labute approximate surface area is 152 Å². The van der Waals surface area contributed by atoms with E-state index in [1.165, 1.54) is 5.56 Å². The van der Waals surface area contributed by atoms with E-state index >= 15 is 0 Å². The van der Waals surface area contributed by atoms with Crippen molar-refractivity contribution in [2.45, 2.75) is 40.5 Å². The molecule has 0 aliphatic carbocycles. The van der Waals surface area contributed by atoms with Crippen LogP contribution in [0, 0.1) is 20.8 Å². The molecule has 0 atom stereocenters. The monoisotopic (exact) mass is 390 g/mol. The summed E-state index contributed by atoms with van der Waals surface area (Å²) in [6.45, 7) is 10.1. The van der Waals surface area contributed by atoms with Gasteiger partial charge in [-0.1, -0.05) is 35.8 Å². The fraction of sp³-hybridized carbons (Fsp3) is 0.350. The molecule has 0 aromatic heterocycles. The van der Waals surface area contributed by atoms with Gasteiger partial charge in [0.1, 0.15) is 11.5 Å². The Morgan fingerprint density at radius 2 is 1.67 bits per heavy atom. The van der Waals surface area contributed by atoms with Crippen molar-refractivity contribution in [1.82, 2.24) is 0 Å². The maximum absolute atomic E-state index is 12.1. The van der Waals surface area contributed by atoms with Crippen LogP contribution in [0.4, 0.5) is 0 Å². The van der Waals surface area contributed by atoms with E-state index in [1.807, 2.05) is 44.2 Å². The Hall–Kier alpha value is -1.81. The molecular formula is C20H23BrO3. The van der Waals surface area contributed by atoms with Crippen molar-refractivity contribution in [1.29, 1.82) is 0 Å². The van der Waals surface area contributed by atoms with Crippen LogP contribution in [0.2, 0.25) is 0 Å². The summed E-state index contributed by atoms with van der Waals surface area (Å²) in [6, 6.07) is 9.74. The zero-order chi connectivity index (χ0) is 17.9. The number of halogens is 1. The van der Waals surface area contributed by atoms with Crippen LogP contribution < -0.4 is 9.47 Å². The van der Waals surface area contributed by atoms with Crippen LogP contribution in [0.25, 0.3) is 0 Å². The Bertz CT molecular complexity index is 728. The van der Waals surface area contributed by atoms with Gasteiger partial charge < -0.3 is 9.47 Å². The lowest BCUT2D eigenvalue weighted by Gasteiger charge is -2.13. The highest BCUT2D eigenvalue weighted by Gasteiger charge is 2.12. The second-order valence-electron chi connectivity index (χ2n) is 6.30. The average molecular weight is 391 g/mol. The van der Waals surface area contributed by atoms with Crippen LogP contribution in [-0.2, 0) is 4.79 Å². The molecule has 3 nitrogen and oxygen atoms in total. The fourth-order valence-electron chi connectivity index (χ4n) is 2.73. The van der Waals surface area contributed by atoms with E-state index in [0.29, 0.717) is 17.4 Å². The molecule has 0 saturated carbocycles. The minimum Gasteiger partial charge on any atom is -0.482 e. The third-order valence-corrected chi connectivity index (χ3v) is 4.32. The summed E-state index contributed by atoms with van der Waals surface area (Å²) in [6.07, 6.45) is 0. The van der Waals surface area contributed by atoms with Crippen molar-refractivity contribution in [2.75, 3.05) is 6.61 Å². The zero-order valence-electron chi connectivity index (χ0n) is 14.8. The minimum absolute atomic E-state index is 0.116. The molecule has 0 saturated heterocycles. The van der Waals surface area contributed by atoms with Gasteiger partial charge in [0.15, 0.2) is 6.61 Å². The minimum atomic E-state index is -0.408. The first kappa shape index (κ1) is 18.5. The van der Waals surface area contributed by atoms with Gasteiger partial charge in [0.2, 0.25) is 0 Å². The molecule has 2 aromatic rings. The van der Waals surface area contributed by atoms with Crippen molar-refractivity contribution in [3.05, 3.63) is 57.1 Å². The summed E-state index contributed by atoms with van der Waals surface area (Å²) < 4.78 is 12.0. The molecule has 2 aromatic carbocycles. The van der Waals surface area contributed by atoms with Crippen molar-refractivity contribution in [2.24, 2.45) is 0 Å². The number of ether oxygens (including phenoxy) is 2. The first-order valence-corrected chi connectivity index (χ1v) is 8.78. The number of carbonyl (C=O) groups excluding carboxylic acids is 1. The smallest absolute Gasteiger partial charge is 0.349 e. The standard InChI is InChI=1S/C20H23BrO3/c1-12(2)18-7-6-17(10-13(18)3)23-11-19(22)24-20-14(4)8-16(21)9-15(20)5/h6-10,12H,11H2,1-5H3. The first-order chi connectivity index (χ1) is 11.3. The van der Waals surface area contributed by atoms with Crippen molar-refractivity contribution in [3.63, 3.8) is 0 Å². The molecule has 0 heterocycles. The second kappa shape index (κ2) is 7.84. The van der Waals surface area contributed by atoms with Gasteiger partial charge in [0.25, 0.3) is 0 Å². The Kier molecular flexibility index (Phi) is 6.05. The van der Waals surface area contributed by atoms with E-state index in [0.717, 1.165) is 21.2 Å². The number of carbonyl (C=O) groups is 1. The molecule has 0 aliphatic rings. The molecule has 0 radical (unpaired) electrons. The summed E-state index contributed by atoms with van der Waals surface area (Å²) in [4.78, 5) is 12.1. The van der Waals surface area contributed by atoms with Gasteiger partial charge in [-0.15, -0.1) is 0 Å². The SMILES string of the molecule is Cc1cc(OCC(=O)Oc2c(C)cc(Br)cc2C)ccc1C(C)C. The molecule has 0 bridgehead atoms. The lowest BCUT2D eigenvalue weighted by Crippen LogP contribution is -2.18. The van der Waals surface area contributed by atoms with E-state index in [4.69, 9.17) is 9.47 Å². The molecule has 4 heteroatoms. The molecule has 0 unspecified atom stereocenters. The Morgan fingerprint density at radius 3 is 2.21 bits per heavy atom.